The van der Waals surface area contributed by atoms with Crippen LogP contribution in [-0.2, 0) is 17.8 Å². The fourth-order valence-corrected chi connectivity index (χ4v) is 4.02. The lowest BCUT2D eigenvalue weighted by Gasteiger charge is -2.32. The lowest BCUT2D eigenvalue weighted by atomic mass is 10.0. The average molecular weight is 390 g/mol. The van der Waals surface area contributed by atoms with Gasteiger partial charge in [0.15, 0.2) is 0 Å². The maximum atomic E-state index is 12.6. The molecule has 5 N–H and O–H groups in total. The predicted octanol–water partition coefficient (Wildman–Crippen LogP) is 2.78. The number of hydrogen-bond donors (Lipinski definition) is 4. The number of hydrogen-bond acceptors (Lipinski definition) is 3. The zero-order valence-corrected chi connectivity index (χ0v) is 16.4. The first-order valence-corrected chi connectivity index (χ1v) is 10.1. The Morgan fingerprint density at radius 1 is 1.17 bits per heavy atom. The van der Waals surface area contributed by atoms with Crippen LogP contribution < -0.4 is 11.1 Å². The number of fused-ring (bicyclic) bond motifs is 1. The molecule has 0 bridgehead atoms. The molecule has 150 valence electrons. The molecule has 3 aromatic rings. The van der Waals surface area contributed by atoms with Crippen molar-refractivity contribution in [2.45, 2.75) is 31.8 Å². The Morgan fingerprint density at radius 2 is 1.93 bits per heavy atom. The van der Waals surface area contributed by atoms with Crippen LogP contribution in [-0.4, -0.2) is 40.8 Å². The Morgan fingerprint density at radius 3 is 2.66 bits per heavy atom. The zero-order chi connectivity index (χ0) is 20.2. The van der Waals surface area contributed by atoms with Crippen LogP contribution in [0.1, 0.15) is 29.5 Å². The predicted molar refractivity (Wildman–Crippen MR) is 116 cm³/mol. The summed E-state index contributed by atoms with van der Waals surface area (Å²) in [5, 5.41) is 11.8. The number of piperidine rings is 1. The highest BCUT2D eigenvalue weighted by molar-refractivity contribution is 6.00. The van der Waals surface area contributed by atoms with Crippen molar-refractivity contribution in [3.05, 3.63) is 71.4 Å². The lowest BCUT2D eigenvalue weighted by molar-refractivity contribution is -0.121. The van der Waals surface area contributed by atoms with Gasteiger partial charge in [-0.15, -0.1) is 0 Å². The molecule has 0 unspecified atom stereocenters. The number of nitrogens with two attached hydrogens (primary N) is 1. The van der Waals surface area contributed by atoms with Gasteiger partial charge < -0.3 is 16.0 Å². The van der Waals surface area contributed by atoms with Crippen molar-refractivity contribution in [2.75, 3.05) is 13.1 Å². The van der Waals surface area contributed by atoms with Gasteiger partial charge in [0.05, 0.1) is 6.42 Å². The summed E-state index contributed by atoms with van der Waals surface area (Å²) in [6.45, 7) is 2.96. The van der Waals surface area contributed by atoms with Gasteiger partial charge in [0.2, 0.25) is 5.91 Å². The molecule has 4 rings (SSSR count). The molecule has 0 atom stereocenters. The second-order valence-corrected chi connectivity index (χ2v) is 7.77. The third-order valence-electron chi connectivity index (χ3n) is 5.63. The molecule has 1 aromatic heterocycles. The van der Waals surface area contributed by atoms with E-state index in [2.05, 4.69) is 39.5 Å². The van der Waals surface area contributed by atoms with Gasteiger partial charge in [0.1, 0.15) is 5.84 Å². The molecule has 6 nitrogen and oxygen atoms in total. The number of benzene rings is 2. The quantitative estimate of drug-likeness (QED) is 0.385. The Labute approximate surface area is 170 Å². The van der Waals surface area contributed by atoms with E-state index in [1.165, 1.54) is 5.56 Å². The fraction of sp³-hybridized carbons (Fsp3) is 0.304. The number of carbonyl (C=O) groups excluding carboxylic acids is 1. The number of nitrogens with one attached hydrogen (secondary N) is 3. The van der Waals surface area contributed by atoms with Crippen molar-refractivity contribution in [3.63, 3.8) is 0 Å². The van der Waals surface area contributed by atoms with E-state index in [0.717, 1.165) is 48.9 Å². The molecule has 0 saturated carbocycles. The van der Waals surface area contributed by atoms with Crippen LogP contribution in [0.3, 0.4) is 0 Å². The first-order valence-electron chi connectivity index (χ1n) is 10.1. The third-order valence-corrected chi connectivity index (χ3v) is 5.63. The zero-order valence-electron chi connectivity index (χ0n) is 16.4. The minimum Gasteiger partial charge on any atom is -0.384 e. The summed E-state index contributed by atoms with van der Waals surface area (Å²) in [4.78, 5) is 18.2. The molecule has 1 aliphatic rings. The Balaban J connectivity index is 1.31. The minimum absolute atomic E-state index is 0.0331. The number of rotatable bonds is 6. The minimum atomic E-state index is 0.0331. The van der Waals surface area contributed by atoms with Gasteiger partial charge in [-0.25, -0.2) is 0 Å². The molecule has 29 heavy (non-hydrogen) atoms. The lowest BCUT2D eigenvalue weighted by Crippen LogP contribution is -2.44. The van der Waals surface area contributed by atoms with E-state index in [4.69, 9.17) is 11.1 Å². The maximum absolute atomic E-state index is 12.6. The van der Waals surface area contributed by atoms with Crippen molar-refractivity contribution >= 4 is 22.6 Å². The van der Waals surface area contributed by atoms with Gasteiger partial charge in [-0.05, 0) is 42.2 Å². The summed E-state index contributed by atoms with van der Waals surface area (Å²) in [5.41, 5.74) is 9.49. The first kappa shape index (κ1) is 19.2. The van der Waals surface area contributed by atoms with Crippen molar-refractivity contribution in [3.8, 4) is 0 Å². The number of carbonyl (C=O) groups is 1. The number of nitrogen functional groups attached to an aromatic ring is 1. The largest absolute Gasteiger partial charge is 0.384 e. The van der Waals surface area contributed by atoms with E-state index >= 15 is 0 Å². The summed E-state index contributed by atoms with van der Waals surface area (Å²) in [5.74, 6) is 0.0754. The van der Waals surface area contributed by atoms with Crippen LogP contribution in [0, 0.1) is 5.41 Å². The summed E-state index contributed by atoms with van der Waals surface area (Å²) >= 11 is 0. The second kappa shape index (κ2) is 8.49. The second-order valence-electron chi connectivity index (χ2n) is 7.77. The Bertz CT molecular complexity index is 1000. The summed E-state index contributed by atoms with van der Waals surface area (Å²) in [7, 11) is 0. The van der Waals surface area contributed by atoms with Crippen LogP contribution in [0.15, 0.2) is 54.7 Å². The van der Waals surface area contributed by atoms with Crippen LogP contribution >= 0.6 is 0 Å². The first-order chi connectivity index (χ1) is 14.1. The average Bonchev–Trinajstić information content (AvgIpc) is 3.12. The van der Waals surface area contributed by atoms with E-state index in [9.17, 15) is 4.79 Å². The van der Waals surface area contributed by atoms with Crippen molar-refractivity contribution < 1.29 is 4.79 Å². The van der Waals surface area contributed by atoms with E-state index < -0.39 is 0 Å². The molecule has 2 heterocycles. The van der Waals surface area contributed by atoms with Crippen molar-refractivity contribution in [1.29, 1.82) is 5.41 Å². The number of amidine groups is 1. The molecule has 1 saturated heterocycles. The molecule has 2 aromatic carbocycles. The van der Waals surface area contributed by atoms with Gasteiger partial charge >= 0.3 is 0 Å². The summed E-state index contributed by atoms with van der Waals surface area (Å²) in [6, 6.07) is 16.3. The van der Waals surface area contributed by atoms with E-state index in [1.54, 1.807) is 0 Å². The SMILES string of the molecule is N=C(N)c1ccc2[nH]cc(CC(=O)NC3CCN(Cc4ccccc4)CC3)c2c1. The molecule has 1 aliphatic heterocycles. The van der Waals surface area contributed by atoms with Gasteiger partial charge in [0, 0.05) is 48.3 Å². The number of H-pyrrole nitrogens is 1. The highest BCUT2D eigenvalue weighted by Gasteiger charge is 2.21. The number of aromatic nitrogens is 1. The molecule has 1 fully saturated rings. The third kappa shape index (κ3) is 4.66. The van der Waals surface area contributed by atoms with E-state index in [0.29, 0.717) is 12.0 Å². The Kier molecular flexibility index (Phi) is 5.62. The molecule has 6 heteroatoms. The molecule has 1 amide bonds. The normalized spacial score (nSPS) is 15.4. The van der Waals surface area contributed by atoms with Crippen LogP contribution in [0.4, 0.5) is 0 Å². The molecule has 0 radical (unpaired) electrons. The van der Waals surface area contributed by atoms with Gasteiger partial charge in [-0.3, -0.25) is 15.1 Å². The van der Waals surface area contributed by atoms with Gasteiger partial charge in [-0.1, -0.05) is 30.3 Å². The number of likely N-dealkylation sites (tertiary alicyclic amines) is 1. The van der Waals surface area contributed by atoms with Crippen LogP contribution in [0.5, 0.6) is 0 Å². The topological polar surface area (TPSA) is 98.0 Å². The van der Waals surface area contributed by atoms with E-state index in [1.807, 2.05) is 30.5 Å². The molecule has 0 aliphatic carbocycles. The smallest absolute Gasteiger partial charge is 0.224 e. The maximum Gasteiger partial charge on any atom is 0.224 e. The standard InChI is InChI=1S/C23H27N5O/c24-23(25)17-6-7-21-20(12-17)18(14-26-21)13-22(29)27-19-8-10-28(11-9-19)15-16-4-2-1-3-5-16/h1-7,12,14,19,26H,8-11,13,15H2,(H3,24,25)(H,27,29). The molecular weight excluding hydrogens is 362 g/mol. The molecular formula is C23H27N5O. The van der Waals surface area contributed by atoms with Crippen LogP contribution in [0.2, 0.25) is 0 Å². The van der Waals surface area contributed by atoms with Crippen LogP contribution in [0.25, 0.3) is 10.9 Å². The van der Waals surface area contributed by atoms with E-state index in [-0.39, 0.29) is 17.8 Å². The number of aromatic amines is 1. The van der Waals surface area contributed by atoms with Crippen molar-refractivity contribution in [2.24, 2.45) is 5.73 Å². The highest BCUT2D eigenvalue weighted by atomic mass is 16.1. The monoisotopic (exact) mass is 389 g/mol. The van der Waals surface area contributed by atoms with Gasteiger partial charge in [-0.2, -0.15) is 0 Å². The highest BCUT2D eigenvalue weighted by Crippen LogP contribution is 2.21. The summed E-state index contributed by atoms with van der Waals surface area (Å²) < 4.78 is 0. The van der Waals surface area contributed by atoms with Gasteiger partial charge in [0.25, 0.3) is 0 Å². The van der Waals surface area contributed by atoms with Crippen molar-refractivity contribution in [1.82, 2.24) is 15.2 Å². The summed E-state index contributed by atoms with van der Waals surface area (Å²) in [6.07, 6.45) is 4.14. The Hall–Kier alpha value is -3.12. The number of nitrogens with zero attached hydrogens (tertiary/aromatic N) is 1. The molecule has 0 spiro atoms. The number of amides is 1. The fourth-order valence-electron chi connectivity index (χ4n) is 4.02.